The van der Waals surface area contributed by atoms with E-state index < -0.39 is 17.8 Å². The van der Waals surface area contributed by atoms with Gasteiger partial charge in [-0.1, -0.05) is 32.9 Å². The number of hydrazine groups is 1. The number of amides is 3. The Morgan fingerprint density at radius 1 is 0.811 bits per heavy atom. The van der Waals surface area contributed by atoms with E-state index in [1.54, 1.807) is 24.3 Å². The highest BCUT2D eigenvalue weighted by Gasteiger charge is 2.15. The van der Waals surface area contributed by atoms with Gasteiger partial charge in [0.1, 0.15) is 6.61 Å². The molecule has 3 amide bonds. The van der Waals surface area contributed by atoms with Gasteiger partial charge < -0.3 is 20.1 Å². The summed E-state index contributed by atoms with van der Waals surface area (Å²) in [6.45, 7) is 6.70. The van der Waals surface area contributed by atoms with Crippen LogP contribution in [0.25, 0.3) is 0 Å². The van der Waals surface area contributed by atoms with E-state index in [0.29, 0.717) is 16.8 Å². The number of esters is 1. The minimum atomic E-state index is -0.530. The summed E-state index contributed by atoms with van der Waals surface area (Å²) in [5, 5.41) is 5.02. The van der Waals surface area contributed by atoms with E-state index in [0.717, 1.165) is 5.56 Å². The Balaban J connectivity index is 1.77. The number of carbonyl (C=O) groups excluding carboxylic acids is 4. The second-order valence-corrected chi connectivity index (χ2v) is 9.44. The van der Waals surface area contributed by atoms with Crippen molar-refractivity contribution in [3.8, 4) is 0 Å². The summed E-state index contributed by atoms with van der Waals surface area (Å²) in [6.07, 6.45) is -0.245. The van der Waals surface area contributed by atoms with Gasteiger partial charge in [-0.15, -0.1) is 0 Å². The first-order valence-corrected chi connectivity index (χ1v) is 12.0. The smallest absolute Gasteiger partial charge is 0.306 e. The molecule has 0 aliphatic heterocycles. The fraction of sp³-hybridized carbons (Fsp3) is 0.346. The number of benzene rings is 2. The van der Waals surface area contributed by atoms with Crippen molar-refractivity contribution in [3.63, 3.8) is 0 Å². The molecule has 0 aromatic heterocycles. The molecule has 0 radical (unpaired) electrons. The molecule has 2 aromatic rings. The topological polar surface area (TPSA) is 135 Å². The highest BCUT2D eigenvalue weighted by Crippen LogP contribution is 2.22. The van der Waals surface area contributed by atoms with Crippen LogP contribution in [0.3, 0.4) is 0 Å². The number of rotatable bonds is 9. The van der Waals surface area contributed by atoms with Crippen molar-refractivity contribution in [2.45, 2.75) is 39.0 Å². The van der Waals surface area contributed by atoms with E-state index in [1.165, 1.54) is 19.2 Å². The van der Waals surface area contributed by atoms with Crippen molar-refractivity contribution in [3.05, 3.63) is 65.2 Å². The molecular formula is C26H32N4O6S. The summed E-state index contributed by atoms with van der Waals surface area (Å²) in [7, 11) is 1.48. The minimum Gasteiger partial charge on any atom is -0.463 e. The third-order valence-corrected chi connectivity index (χ3v) is 5.27. The van der Waals surface area contributed by atoms with E-state index in [1.807, 2.05) is 12.1 Å². The lowest BCUT2D eigenvalue weighted by atomic mass is 9.87. The molecule has 10 nitrogen and oxygen atoms in total. The third kappa shape index (κ3) is 10.4. The second kappa shape index (κ2) is 14.0. The Bertz CT molecular complexity index is 1110. The molecule has 0 aliphatic rings. The van der Waals surface area contributed by atoms with Crippen LogP contribution in [0.5, 0.6) is 0 Å². The molecule has 0 bridgehead atoms. The van der Waals surface area contributed by atoms with Gasteiger partial charge in [0.25, 0.3) is 11.8 Å². The fourth-order valence-corrected chi connectivity index (χ4v) is 3.13. The number of thiocarbonyl (C=S) groups is 1. The Hall–Kier alpha value is -3.83. The molecule has 4 N–H and O–H groups in total. The van der Waals surface area contributed by atoms with Gasteiger partial charge in [0.2, 0.25) is 5.91 Å². The molecule has 0 spiro atoms. The molecule has 37 heavy (non-hydrogen) atoms. The van der Waals surface area contributed by atoms with Gasteiger partial charge in [-0.05, 0) is 59.6 Å². The van der Waals surface area contributed by atoms with Crippen LogP contribution in [0, 0.1) is 0 Å². The number of methoxy groups -OCH3 is 1. The number of nitrogens with one attached hydrogen (secondary N) is 4. The van der Waals surface area contributed by atoms with E-state index in [4.69, 9.17) is 21.7 Å². The van der Waals surface area contributed by atoms with Gasteiger partial charge in [0.05, 0.1) is 13.0 Å². The number of anilines is 1. The molecule has 0 atom stereocenters. The van der Waals surface area contributed by atoms with E-state index in [9.17, 15) is 19.2 Å². The minimum absolute atomic E-state index is 0.00445. The van der Waals surface area contributed by atoms with Gasteiger partial charge in [-0.3, -0.25) is 30.0 Å². The Morgan fingerprint density at radius 2 is 1.41 bits per heavy atom. The molecule has 0 saturated carbocycles. The predicted octanol–water partition coefficient (Wildman–Crippen LogP) is 2.84. The first kappa shape index (κ1) is 29.4. The molecule has 0 unspecified atom stereocenters. The Labute approximate surface area is 221 Å². The van der Waals surface area contributed by atoms with Crippen LogP contribution in [-0.4, -0.2) is 49.1 Å². The normalized spacial score (nSPS) is 10.7. The number of carbonyl (C=O) groups is 4. The average molecular weight is 529 g/mol. The zero-order chi connectivity index (χ0) is 27.4. The molecule has 2 rings (SSSR count). The lowest BCUT2D eigenvalue weighted by Gasteiger charge is -2.19. The van der Waals surface area contributed by atoms with Crippen LogP contribution in [0.1, 0.15) is 59.9 Å². The molecular weight excluding hydrogens is 496 g/mol. The first-order valence-electron chi connectivity index (χ1n) is 11.6. The van der Waals surface area contributed by atoms with Gasteiger partial charge in [-0.2, -0.15) is 0 Å². The maximum atomic E-state index is 12.5. The van der Waals surface area contributed by atoms with Crippen LogP contribution in [0.2, 0.25) is 0 Å². The molecule has 0 heterocycles. The Kier molecular flexibility index (Phi) is 11.2. The SMILES string of the molecule is COCCOC(=O)CCC(=O)NC(=S)NNC(=O)c1ccc(NC(=O)c2ccc(C(C)(C)C)cc2)cc1. The summed E-state index contributed by atoms with van der Waals surface area (Å²) in [6, 6.07) is 13.7. The summed E-state index contributed by atoms with van der Waals surface area (Å²) >= 11 is 4.97. The number of ether oxygens (including phenoxy) is 2. The quantitative estimate of drug-likeness (QED) is 0.169. The summed E-state index contributed by atoms with van der Waals surface area (Å²) < 4.78 is 9.63. The van der Waals surface area contributed by atoms with Crippen LogP contribution >= 0.6 is 12.2 Å². The van der Waals surface area contributed by atoms with Crippen LogP contribution in [-0.2, 0) is 24.5 Å². The van der Waals surface area contributed by atoms with E-state index in [-0.39, 0.29) is 42.5 Å². The lowest BCUT2D eigenvalue weighted by Crippen LogP contribution is -2.48. The standard InChI is InChI=1S/C26H32N4O6S/c1-26(2,3)19-9-5-17(6-10-19)23(33)27-20-11-7-18(8-12-20)24(34)29-30-25(37)28-21(31)13-14-22(32)36-16-15-35-4/h5-12H,13-16H2,1-4H3,(H,27,33)(H,29,34)(H2,28,30,31,37). The summed E-state index contributed by atoms with van der Waals surface area (Å²) in [4.78, 5) is 48.2. The van der Waals surface area contributed by atoms with Crippen LogP contribution in [0.15, 0.2) is 48.5 Å². The number of hydrogen-bond donors (Lipinski definition) is 4. The van der Waals surface area contributed by atoms with Crippen molar-refractivity contribution in [2.75, 3.05) is 25.6 Å². The van der Waals surface area contributed by atoms with Crippen LogP contribution < -0.4 is 21.5 Å². The summed E-state index contributed by atoms with van der Waals surface area (Å²) in [5.41, 5.74) is 7.27. The summed E-state index contributed by atoms with van der Waals surface area (Å²) in [5.74, 6) is -1.81. The van der Waals surface area contributed by atoms with Crippen molar-refractivity contribution >= 4 is 46.7 Å². The van der Waals surface area contributed by atoms with Crippen molar-refractivity contribution in [1.82, 2.24) is 16.2 Å². The third-order valence-electron chi connectivity index (χ3n) is 5.07. The number of hydrogen-bond acceptors (Lipinski definition) is 7. The molecule has 198 valence electrons. The second-order valence-electron chi connectivity index (χ2n) is 9.03. The highest BCUT2D eigenvalue weighted by atomic mass is 32.1. The van der Waals surface area contributed by atoms with Gasteiger partial charge in [-0.25, -0.2) is 0 Å². The molecule has 0 fully saturated rings. The maximum Gasteiger partial charge on any atom is 0.306 e. The molecule has 2 aromatic carbocycles. The maximum absolute atomic E-state index is 12.5. The van der Waals surface area contributed by atoms with Crippen molar-refractivity contribution in [2.24, 2.45) is 0 Å². The monoisotopic (exact) mass is 528 g/mol. The van der Waals surface area contributed by atoms with Gasteiger partial charge in [0.15, 0.2) is 5.11 Å². The van der Waals surface area contributed by atoms with Crippen LogP contribution in [0.4, 0.5) is 5.69 Å². The van der Waals surface area contributed by atoms with E-state index in [2.05, 4.69) is 42.3 Å². The average Bonchev–Trinajstić information content (AvgIpc) is 2.86. The largest absolute Gasteiger partial charge is 0.463 e. The molecule has 0 aliphatic carbocycles. The highest BCUT2D eigenvalue weighted by molar-refractivity contribution is 7.80. The predicted molar refractivity (Wildman–Crippen MR) is 143 cm³/mol. The Morgan fingerprint density at radius 3 is 2.00 bits per heavy atom. The molecule has 0 saturated heterocycles. The van der Waals surface area contributed by atoms with Crippen molar-refractivity contribution in [1.29, 1.82) is 0 Å². The first-order chi connectivity index (χ1) is 17.5. The van der Waals surface area contributed by atoms with Crippen molar-refractivity contribution < 1.29 is 28.7 Å². The van der Waals surface area contributed by atoms with Gasteiger partial charge >= 0.3 is 5.97 Å². The fourth-order valence-electron chi connectivity index (χ4n) is 2.96. The zero-order valence-corrected chi connectivity index (χ0v) is 22.1. The molecule has 11 heteroatoms. The van der Waals surface area contributed by atoms with Gasteiger partial charge in [0, 0.05) is 30.3 Å². The van der Waals surface area contributed by atoms with E-state index >= 15 is 0 Å². The lowest BCUT2D eigenvalue weighted by molar-refractivity contribution is -0.146. The zero-order valence-electron chi connectivity index (χ0n) is 21.3.